The van der Waals surface area contributed by atoms with Gasteiger partial charge >= 0.3 is 0 Å². The Morgan fingerprint density at radius 3 is 2.46 bits per heavy atom. The molecule has 2 bridgehead atoms. The zero-order chi connectivity index (χ0) is 34.0. The number of likely N-dealkylation sites (N-methyl/N-ethyl adjacent to an activating group) is 1. The number of H-pyrrole nitrogens is 1. The molecule has 0 fully saturated rings. The lowest BCUT2D eigenvalue weighted by molar-refractivity contribution is -0.142. The minimum atomic E-state index is -0.863. The van der Waals surface area contributed by atoms with Gasteiger partial charge in [-0.1, -0.05) is 54.1 Å². The summed E-state index contributed by atoms with van der Waals surface area (Å²) in [5.74, 6) is -0.923. The smallest absolute Gasteiger partial charge is 0.245 e. The van der Waals surface area contributed by atoms with Crippen LogP contribution in [0.5, 0.6) is 0 Å². The summed E-state index contributed by atoms with van der Waals surface area (Å²) in [4.78, 5) is 47.1. The summed E-state index contributed by atoms with van der Waals surface area (Å²) < 4.78 is 0. The van der Waals surface area contributed by atoms with Gasteiger partial charge in [-0.05, 0) is 97.3 Å². The molecule has 1 aromatic heterocycles. The minimum absolute atomic E-state index is 0.210. The quantitative estimate of drug-likeness (QED) is 0.148. The number of nitrogens with one attached hydrogen (secondary N) is 4. The normalized spacial score (nSPS) is 19.5. The fourth-order valence-electron chi connectivity index (χ4n) is 6.36. The molecule has 11 heteroatoms. The Morgan fingerprint density at radius 2 is 1.65 bits per heavy atom. The number of nitrogens with zero attached hydrogens (tertiary/aromatic N) is 1. The second kappa shape index (κ2) is 16.7. The van der Waals surface area contributed by atoms with E-state index in [0.29, 0.717) is 56.8 Å². The highest BCUT2D eigenvalue weighted by atomic mass is 35.5. The zero-order valence-electron chi connectivity index (χ0n) is 27.4. The number of carbonyl (C=O) groups is 3. The first kappa shape index (κ1) is 35.1. The molecule has 254 valence electrons. The first-order valence-electron chi connectivity index (χ1n) is 16.7. The van der Waals surface area contributed by atoms with Gasteiger partial charge in [0.05, 0.1) is 6.04 Å². The molecule has 1 aliphatic rings. The van der Waals surface area contributed by atoms with Gasteiger partial charge in [0, 0.05) is 48.7 Å². The highest BCUT2D eigenvalue weighted by molar-refractivity contribution is 6.30. The number of fused-ring (bicyclic) bond motifs is 5. The first-order valence-corrected chi connectivity index (χ1v) is 17.1. The molecular formula is C37H46ClN7O3. The fourth-order valence-corrected chi connectivity index (χ4v) is 6.56. The number of hydrogen-bond donors (Lipinski definition) is 6. The summed E-state index contributed by atoms with van der Waals surface area (Å²) in [5, 5.41) is 11.1. The van der Waals surface area contributed by atoms with Crippen molar-refractivity contribution in [1.82, 2.24) is 25.8 Å². The molecule has 0 aliphatic carbocycles. The molecule has 3 unspecified atom stereocenters. The average Bonchev–Trinajstić information content (AvgIpc) is 3.51. The molecule has 3 aromatic carbocycles. The average molecular weight is 672 g/mol. The van der Waals surface area contributed by atoms with E-state index in [0.717, 1.165) is 38.7 Å². The number of halogens is 1. The second-order valence-corrected chi connectivity index (χ2v) is 12.9. The van der Waals surface area contributed by atoms with Crippen LogP contribution in [0.4, 0.5) is 0 Å². The predicted molar refractivity (Wildman–Crippen MR) is 191 cm³/mol. The summed E-state index contributed by atoms with van der Waals surface area (Å²) in [6.45, 7) is 1.56. The number of aromatic amines is 1. The van der Waals surface area contributed by atoms with E-state index in [1.807, 2.05) is 66.9 Å². The summed E-state index contributed by atoms with van der Waals surface area (Å²) in [7, 11) is 1.64. The van der Waals surface area contributed by atoms with E-state index < -0.39 is 18.1 Å². The maximum Gasteiger partial charge on any atom is 0.245 e. The number of para-hydroxylation sites is 1. The third-order valence-electron chi connectivity index (χ3n) is 9.09. The minimum Gasteiger partial charge on any atom is -0.361 e. The number of benzene rings is 3. The number of aromatic nitrogens is 1. The van der Waals surface area contributed by atoms with Crippen molar-refractivity contribution in [3.05, 3.63) is 94.6 Å². The van der Waals surface area contributed by atoms with Crippen LogP contribution < -0.4 is 27.4 Å². The van der Waals surface area contributed by atoms with Crippen molar-refractivity contribution < 1.29 is 14.4 Å². The molecule has 1 aliphatic heterocycles. The van der Waals surface area contributed by atoms with Crippen LogP contribution in [0.2, 0.25) is 5.02 Å². The molecule has 0 saturated heterocycles. The Hall–Kier alpha value is -4.22. The van der Waals surface area contributed by atoms with Crippen LogP contribution in [0.1, 0.15) is 48.8 Å². The van der Waals surface area contributed by atoms with E-state index in [-0.39, 0.29) is 30.7 Å². The van der Waals surface area contributed by atoms with E-state index >= 15 is 0 Å². The van der Waals surface area contributed by atoms with Crippen molar-refractivity contribution >= 4 is 40.2 Å². The van der Waals surface area contributed by atoms with Crippen molar-refractivity contribution in [3.63, 3.8) is 0 Å². The summed E-state index contributed by atoms with van der Waals surface area (Å²) in [6, 6.07) is 19.3. The molecule has 0 radical (unpaired) electrons. The fraction of sp³-hybridized carbons (Fsp3) is 0.378. The van der Waals surface area contributed by atoms with Gasteiger partial charge in [-0.3, -0.25) is 14.4 Å². The molecule has 10 nitrogen and oxygen atoms in total. The lowest BCUT2D eigenvalue weighted by Crippen LogP contribution is -2.57. The van der Waals surface area contributed by atoms with Gasteiger partial charge in [0.1, 0.15) is 12.1 Å². The molecule has 3 amide bonds. The summed E-state index contributed by atoms with van der Waals surface area (Å²) in [5.41, 5.74) is 17.2. The van der Waals surface area contributed by atoms with Gasteiger partial charge in [0.25, 0.3) is 0 Å². The van der Waals surface area contributed by atoms with Crippen molar-refractivity contribution in [3.8, 4) is 11.1 Å². The molecule has 8 N–H and O–H groups in total. The van der Waals surface area contributed by atoms with Gasteiger partial charge in [-0.2, -0.15) is 0 Å². The van der Waals surface area contributed by atoms with Crippen LogP contribution in [0.3, 0.4) is 0 Å². The van der Waals surface area contributed by atoms with Crippen LogP contribution in [-0.4, -0.2) is 65.9 Å². The number of hydrogen-bond acceptors (Lipinski definition) is 6. The van der Waals surface area contributed by atoms with Crippen molar-refractivity contribution in [2.45, 2.75) is 69.7 Å². The Balaban J connectivity index is 1.56. The van der Waals surface area contributed by atoms with E-state index in [2.05, 4.69) is 27.0 Å². The molecule has 4 aromatic rings. The second-order valence-electron chi connectivity index (χ2n) is 12.5. The topological polar surface area (TPSA) is 158 Å². The Morgan fingerprint density at radius 1 is 0.854 bits per heavy atom. The Kier molecular flexibility index (Phi) is 12.2. The van der Waals surface area contributed by atoms with Crippen LogP contribution in [-0.2, 0) is 33.9 Å². The standard InChI is InChI=1S/C37H46ClN7O3/c1-45-34(20-27-22-42-31-11-3-2-10-30(27)31)36(47)43-23-26-19-28(38)14-15-29(26)25-9-6-8-24(18-25)21-41-32(13-7-17-40)35(46)44-33(37(45)48)12-4-5-16-39/h2-3,6,8-11,14-15,18-19,22,32-34,41-42H,4-5,7,12-13,16-17,20-21,23,39-40H2,1H3,(H,43,47)(H,44,46). The van der Waals surface area contributed by atoms with Crippen molar-refractivity contribution in [2.75, 3.05) is 20.1 Å². The highest BCUT2D eigenvalue weighted by Gasteiger charge is 2.34. The number of carbonyl (C=O) groups excluding carboxylic acids is 3. The maximum absolute atomic E-state index is 14.3. The Bertz CT molecular complexity index is 1720. The lowest BCUT2D eigenvalue weighted by atomic mass is 9.97. The molecule has 0 saturated carbocycles. The van der Waals surface area contributed by atoms with Gasteiger partial charge in [0.2, 0.25) is 17.7 Å². The SMILES string of the molecule is CN1C(=O)C(CCCCN)NC(=O)C(CCCN)NCc2cccc(c2)-c2ccc(Cl)cc2CNC(=O)C1Cc1c[nH]c2ccccc12. The summed E-state index contributed by atoms with van der Waals surface area (Å²) >= 11 is 6.45. The van der Waals surface area contributed by atoms with Crippen LogP contribution in [0, 0.1) is 0 Å². The third kappa shape index (κ3) is 8.62. The monoisotopic (exact) mass is 671 g/mol. The Labute approximate surface area is 287 Å². The lowest BCUT2D eigenvalue weighted by Gasteiger charge is -2.32. The predicted octanol–water partition coefficient (Wildman–Crippen LogP) is 4.00. The zero-order valence-corrected chi connectivity index (χ0v) is 28.2. The molecular weight excluding hydrogens is 626 g/mol. The first-order chi connectivity index (χ1) is 23.3. The van der Waals surface area contributed by atoms with Gasteiger partial charge in [0.15, 0.2) is 0 Å². The van der Waals surface area contributed by atoms with E-state index in [1.54, 1.807) is 7.05 Å². The van der Waals surface area contributed by atoms with Gasteiger partial charge in [-0.25, -0.2) is 0 Å². The number of unbranched alkanes of at least 4 members (excludes halogenated alkanes) is 1. The highest BCUT2D eigenvalue weighted by Crippen LogP contribution is 2.28. The number of nitrogens with two attached hydrogens (primary N) is 2. The van der Waals surface area contributed by atoms with Crippen molar-refractivity contribution in [2.24, 2.45) is 11.5 Å². The molecule has 3 atom stereocenters. The number of amides is 3. The van der Waals surface area contributed by atoms with Crippen LogP contribution >= 0.6 is 11.6 Å². The maximum atomic E-state index is 14.3. The molecule has 0 spiro atoms. The van der Waals surface area contributed by atoms with Crippen molar-refractivity contribution in [1.29, 1.82) is 0 Å². The van der Waals surface area contributed by atoms with E-state index in [1.165, 1.54) is 4.90 Å². The summed E-state index contributed by atoms with van der Waals surface area (Å²) in [6.07, 6.45) is 5.04. The third-order valence-corrected chi connectivity index (χ3v) is 9.33. The van der Waals surface area contributed by atoms with E-state index in [4.69, 9.17) is 23.1 Å². The van der Waals surface area contributed by atoms with Gasteiger partial charge < -0.3 is 37.3 Å². The van der Waals surface area contributed by atoms with Crippen LogP contribution in [0.15, 0.2) is 72.9 Å². The molecule has 48 heavy (non-hydrogen) atoms. The number of rotatable bonds is 9. The molecule has 5 rings (SSSR count). The van der Waals surface area contributed by atoms with E-state index in [9.17, 15) is 14.4 Å². The molecule has 2 heterocycles. The van der Waals surface area contributed by atoms with Crippen LogP contribution in [0.25, 0.3) is 22.0 Å². The van der Waals surface area contributed by atoms with Gasteiger partial charge in [-0.15, -0.1) is 0 Å². The largest absolute Gasteiger partial charge is 0.361 e.